The van der Waals surface area contributed by atoms with E-state index in [9.17, 15) is 19.2 Å². The number of aliphatic imine (C=N–C) groups is 1. The number of anilines is 1. The van der Waals surface area contributed by atoms with E-state index in [-0.39, 0.29) is 11.4 Å². The number of nitrogens with one attached hydrogen (secondary N) is 1. The Kier molecular flexibility index (Phi) is 2.75. The summed E-state index contributed by atoms with van der Waals surface area (Å²) in [5.41, 5.74) is 1.13. The first-order valence-corrected chi connectivity index (χ1v) is 4.92. The third kappa shape index (κ3) is 1.79. The molecule has 0 aliphatic carbocycles. The van der Waals surface area contributed by atoms with E-state index in [0.29, 0.717) is 10.5 Å². The van der Waals surface area contributed by atoms with Crippen molar-refractivity contribution in [2.45, 2.75) is 6.92 Å². The quantitative estimate of drug-likeness (QED) is 0.356. The molecule has 1 heterocycles. The van der Waals surface area contributed by atoms with E-state index >= 15 is 0 Å². The van der Waals surface area contributed by atoms with Crippen molar-refractivity contribution in [1.82, 2.24) is 5.32 Å². The predicted octanol–water partition coefficient (Wildman–Crippen LogP) is 0.545. The molecule has 0 saturated carbocycles. The zero-order valence-electron chi connectivity index (χ0n) is 9.26. The van der Waals surface area contributed by atoms with Gasteiger partial charge < -0.3 is 0 Å². The predicted molar refractivity (Wildman–Crippen MR) is 60.0 cm³/mol. The highest BCUT2D eigenvalue weighted by atomic mass is 16.2. The first-order valence-electron chi connectivity index (χ1n) is 4.92. The minimum Gasteiger partial charge on any atom is -0.269 e. The van der Waals surface area contributed by atoms with E-state index in [2.05, 4.69) is 4.99 Å². The maximum Gasteiger partial charge on any atom is 0.336 e. The molecule has 90 valence electrons. The molecule has 2 rings (SSSR count). The van der Waals surface area contributed by atoms with Crippen LogP contribution in [0.5, 0.6) is 0 Å². The number of amides is 4. The van der Waals surface area contributed by atoms with Gasteiger partial charge in [-0.2, -0.15) is 4.99 Å². The molecule has 4 amide bonds. The van der Waals surface area contributed by atoms with Gasteiger partial charge in [0.25, 0.3) is 0 Å². The summed E-state index contributed by atoms with van der Waals surface area (Å²) >= 11 is 0. The van der Waals surface area contributed by atoms with Gasteiger partial charge in [-0.3, -0.25) is 14.9 Å². The van der Waals surface area contributed by atoms with Gasteiger partial charge in [0.05, 0.1) is 11.4 Å². The first kappa shape index (κ1) is 11.7. The number of carbonyl (C=O) groups excluding carboxylic acids is 4. The molecule has 1 saturated heterocycles. The monoisotopic (exact) mass is 245 g/mol. The fourth-order valence-electron chi connectivity index (χ4n) is 1.54. The molecule has 0 unspecified atom stereocenters. The van der Waals surface area contributed by atoms with Crippen molar-refractivity contribution >= 4 is 35.3 Å². The summed E-state index contributed by atoms with van der Waals surface area (Å²) in [6, 6.07) is 3.59. The highest BCUT2D eigenvalue weighted by Gasteiger charge is 2.38. The Balaban J connectivity index is 2.49. The summed E-state index contributed by atoms with van der Waals surface area (Å²) in [6.45, 7) is 1.71. The standard InChI is InChI=1S/C11H7N3O4/c1-6-2-3-7(4-8(6)12-5-15)14-10(17)9(16)13-11(14)18/h2-4H,1H3,(H,13,16,18). The lowest BCUT2D eigenvalue weighted by molar-refractivity contribution is -0.134. The van der Waals surface area contributed by atoms with Gasteiger partial charge in [-0.1, -0.05) is 6.07 Å². The van der Waals surface area contributed by atoms with Crippen molar-refractivity contribution < 1.29 is 19.2 Å². The highest BCUT2D eigenvalue weighted by molar-refractivity contribution is 6.53. The van der Waals surface area contributed by atoms with Crippen molar-refractivity contribution in [2.75, 3.05) is 4.90 Å². The van der Waals surface area contributed by atoms with Crippen LogP contribution in [0.25, 0.3) is 0 Å². The molecular formula is C11H7N3O4. The third-order valence-corrected chi connectivity index (χ3v) is 2.44. The van der Waals surface area contributed by atoms with Crippen LogP contribution in [0.15, 0.2) is 23.2 Å². The molecule has 7 nitrogen and oxygen atoms in total. The van der Waals surface area contributed by atoms with Crippen LogP contribution in [0, 0.1) is 6.92 Å². The topological polar surface area (TPSA) is 95.9 Å². The maximum absolute atomic E-state index is 11.5. The number of imide groups is 2. The second kappa shape index (κ2) is 4.23. The van der Waals surface area contributed by atoms with Crippen molar-refractivity contribution in [3.05, 3.63) is 23.8 Å². The summed E-state index contributed by atoms with van der Waals surface area (Å²) in [5, 5.41) is 1.87. The lowest BCUT2D eigenvalue weighted by atomic mass is 10.1. The van der Waals surface area contributed by atoms with E-state index in [1.165, 1.54) is 18.2 Å². The zero-order chi connectivity index (χ0) is 13.3. The van der Waals surface area contributed by atoms with Crippen molar-refractivity contribution in [3.8, 4) is 0 Å². The molecule has 1 aliphatic heterocycles. The van der Waals surface area contributed by atoms with Crippen LogP contribution in [0.1, 0.15) is 5.56 Å². The van der Waals surface area contributed by atoms with Crippen LogP contribution in [-0.4, -0.2) is 23.9 Å². The van der Waals surface area contributed by atoms with Crippen molar-refractivity contribution in [1.29, 1.82) is 0 Å². The largest absolute Gasteiger partial charge is 0.336 e. The number of urea groups is 1. The zero-order valence-corrected chi connectivity index (χ0v) is 9.26. The Morgan fingerprint density at radius 2 is 2.00 bits per heavy atom. The fourth-order valence-corrected chi connectivity index (χ4v) is 1.54. The molecule has 1 aliphatic rings. The second-order valence-corrected chi connectivity index (χ2v) is 3.57. The van der Waals surface area contributed by atoms with E-state index in [0.717, 1.165) is 0 Å². The molecule has 0 spiro atoms. The number of benzene rings is 1. The van der Waals surface area contributed by atoms with E-state index in [4.69, 9.17) is 0 Å². The van der Waals surface area contributed by atoms with Crippen LogP contribution < -0.4 is 10.2 Å². The molecule has 1 aromatic rings. The van der Waals surface area contributed by atoms with Crippen LogP contribution in [-0.2, 0) is 14.4 Å². The number of nitrogens with zero attached hydrogens (tertiary/aromatic N) is 2. The van der Waals surface area contributed by atoms with Crippen LogP contribution in [0.3, 0.4) is 0 Å². The van der Waals surface area contributed by atoms with Crippen molar-refractivity contribution in [2.24, 2.45) is 4.99 Å². The Morgan fingerprint density at radius 1 is 1.28 bits per heavy atom. The Morgan fingerprint density at radius 3 is 2.56 bits per heavy atom. The average Bonchev–Trinajstić information content (AvgIpc) is 2.57. The van der Waals surface area contributed by atoms with Crippen LogP contribution >= 0.6 is 0 Å². The second-order valence-electron chi connectivity index (χ2n) is 3.57. The normalized spacial score (nSPS) is 14.5. The molecule has 0 bridgehead atoms. The first-order chi connectivity index (χ1) is 8.54. The van der Waals surface area contributed by atoms with E-state index in [1.54, 1.807) is 13.0 Å². The van der Waals surface area contributed by atoms with Gasteiger partial charge in [0.15, 0.2) is 0 Å². The number of isocyanates is 1. The maximum atomic E-state index is 11.5. The summed E-state index contributed by atoms with van der Waals surface area (Å²) < 4.78 is 0. The SMILES string of the molecule is Cc1ccc(N2C(=O)NC(=O)C2=O)cc1N=C=O. The number of aryl methyl sites for hydroxylation is 1. The average molecular weight is 245 g/mol. The Bertz CT molecular complexity index is 617. The van der Waals surface area contributed by atoms with Gasteiger partial charge in [-0.15, -0.1) is 0 Å². The summed E-state index contributed by atoms with van der Waals surface area (Å²) in [7, 11) is 0. The van der Waals surface area contributed by atoms with Crippen LogP contribution in [0.4, 0.5) is 16.2 Å². The molecule has 18 heavy (non-hydrogen) atoms. The lowest BCUT2D eigenvalue weighted by Crippen LogP contribution is -2.30. The smallest absolute Gasteiger partial charge is 0.269 e. The number of carbonyl (C=O) groups is 3. The molecule has 0 atom stereocenters. The number of hydrogen-bond donors (Lipinski definition) is 1. The molecule has 1 fully saturated rings. The number of hydrogen-bond acceptors (Lipinski definition) is 5. The highest BCUT2D eigenvalue weighted by Crippen LogP contribution is 2.26. The third-order valence-electron chi connectivity index (χ3n) is 2.44. The summed E-state index contributed by atoms with van der Waals surface area (Å²) in [6.07, 6.45) is 1.38. The van der Waals surface area contributed by atoms with Gasteiger partial charge in [0, 0.05) is 0 Å². The molecular weight excluding hydrogens is 238 g/mol. The summed E-state index contributed by atoms with van der Waals surface area (Å²) in [5.74, 6) is -1.95. The van der Waals surface area contributed by atoms with E-state index in [1.807, 2.05) is 5.32 Å². The molecule has 0 radical (unpaired) electrons. The minimum absolute atomic E-state index is 0.169. The van der Waals surface area contributed by atoms with Gasteiger partial charge in [-0.25, -0.2) is 14.5 Å². The molecule has 0 aromatic heterocycles. The Labute approximate surface area is 101 Å². The molecule has 1 aromatic carbocycles. The van der Waals surface area contributed by atoms with E-state index < -0.39 is 17.8 Å². The lowest BCUT2D eigenvalue weighted by Gasteiger charge is -2.12. The Hall–Kier alpha value is -2.79. The minimum atomic E-state index is -0.985. The van der Waals surface area contributed by atoms with Gasteiger partial charge in [0.1, 0.15) is 0 Å². The van der Waals surface area contributed by atoms with Gasteiger partial charge >= 0.3 is 17.8 Å². The van der Waals surface area contributed by atoms with Crippen LogP contribution in [0.2, 0.25) is 0 Å². The molecule has 1 N–H and O–H groups in total. The fraction of sp³-hybridized carbons (Fsp3) is 0.0909. The van der Waals surface area contributed by atoms with Gasteiger partial charge in [0.2, 0.25) is 6.08 Å². The number of rotatable bonds is 2. The van der Waals surface area contributed by atoms with Crippen molar-refractivity contribution in [3.63, 3.8) is 0 Å². The van der Waals surface area contributed by atoms with Gasteiger partial charge in [-0.05, 0) is 24.6 Å². The summed E-state index contributed by atoms with van der Waals surface area (Å²) in [4.78, 5) is 48.3. The molecule has 7 heteroatoms.